The number of aromatic nitrogens is 2. The maximum absolute atomic E-state index is 6.07. The molecule has 0 aliphatic carbocycles. The minimum absolute atomic E-state index is 0.275. The topological polar surface area (TPSA) is 59.1 Å². The van der Waals surface area contributed by atoms with Crippen LogP contribution in [0.4, 0.5) is 17.3 Å². The molecule has 0 spiro atoms. The Hall–Kier alpha value is -1.85. The number of hydrogen-bond donors (Lipinski definition) is 2. The lowest BCUT2D eigenvalue weighted by Gasteiger charge is -2.14. The van der Waals surface area contributed by atoms with Gasteiger partial charge in [-0.15, -0.1) is 0 Å². The summed E-state index contributed by atoms with van der Waals surface area (Å²) in [6.07, 6.45) is 2.51. The molecule has 1 saturated heterocycles. The van der Waals surface area contributed by atoms with Gasteiger partial charge in [0.25, 0.3) is 0 Å². The van der Waals surface area contributed by atoms with Gasteiger partial charge in [0.15, 0.2) is 0 Å². The molecule has 0 bridgehead atoms. The molecule has 2 N–H and O–H groups in total. The highest BCUT2D eigenvalue weighted by Gasteiger charge is 2.15. The van der Waals surface area contributed by atoms with Crippen molar-refractivity contribution in [2.75, 3.05) is 23.8 Å². The molecule has 1 aromatic carbocycles. The van der Waals surface area contributed by atoms with Crippen molar-refractivity contribution in [2.45, 2.75) is 32.8 Å². The van der Waals surface area contributed by atoms with E-state index in [0.29, 0.717) is 10.8 Å². The molecule has 1 aliphatic rings. The van der Waals surface area contributed by atoms with Crippen LogP contribution < -0.4 is 10.6 Å². The van der Waals surface area contributed by atoms with E-state index in [4.69, 9.17) is 16.3 Å². The zero-order chi connectivity index (χ0) is 16.2. The number of aryl methyl sites for hydroxylation is 2. The lowest BCUT2D eigenvalue weighted by atomic mass is 10.2. The fraction of sp³-hybridized carbons (Fsp3) is 0.412. The Morgan fingerprint density at radius 2 is 2.04 bits per heavy atom. The van der Waals surface area contributed by atoms with Gasteiger partial charge in [0, 0.05) is 29.9 Å². The molecule has 23 heavy (non-hydrogen) atoms. The molecule has 2 aromatic rings. The zero-order valence-electron chi connectivity index (χ0n) is 13.4. The second-order valence-corrected chi connectivity index (χ2v) is 6.22. The summed E-state index contributed by atoms with van der Waals surface area (Å²) in [6, 6.07) is 7.66. The number of anilines is 3. The monoisotopic (exact) mass is 332 g/mol. The molecule has 1 fully saturated rings. The van der Waals surface area contributed by atoms with Crippen molar-refractivity contribution in [2.24, 2.45) is 0 Å². The summed E-state index contributed by atoms with van der Waals surface area (Å²) in [4.78, 5) is 8.88. The molecule has 1 aliphatic heterocycles. The van der Waals surface area contributed by atoms with Crippen LogP contribution in [0.25, 0.3) is 0 Å². The van der Waals surface area contributed by atoms with Gasteiger partial charge in [0.2, 0.25) is 0 Å². The highest BCUT2D eigenvalue weighted by molar-refractivity contribution is 6.30. The number of rotatable bonds is 5. The second-order valence-electron chi connectivity index (χ2n) is 5.79. The molecule has 122 valence electrons. The van der Waals surface area contributed by atoms with Gasteiger partial charge in [-0.05, 0) is 44.4 Å². The molecule has 5 nitrogen and oxygen atoms in total. The highest BCUT2D eigenvalue weighted by Crippen LogP contribution is 2.24. The fourth-order valence-corrected chi connectivity index (χ4v) is 2.78. The molecule has 1 unspecified atom stereocenters. The van der Waals surface area contributed by atoms with Crippen LogP contribution in [0.15, 0.2) is 24.3 Å². The molecule has 1 atom stereocenters. The van der Waals surface area contributed by atoms with Gasteiger partial charge in [-0.25, -0.2) is 9.97 Å². The van der Waals surface area contributed by atoms with Crippen molar-refractivity contribution in [1.82, 2.24) is 9.97 Å². The van der Waals surface area contributed by atoms with Crippen molar-refractivity contribution in [3.8, 4) is 0 Å². The van der Waals surface area contributed by atoms with Gasteiger partial charge in [0.05, 0.1) is 6.10 Å². The summed E-state index contributed by atoms with van der Waals surface area (Å²) in [7, 11) is 0. The van der Waals surface area contributed by atoms with Crippen molar-refractivity contribution < 1.29 is 4.74 Å². The van der Waals surface area contributed by atoms with Crippen LogP contribution in [0.3, 0.4) is 0 Å². The Kier molecular flexibility index (Phi) is 4.98. The summed E-state index contributed by atoms with van der Waals surface area (Å²) < 4.78 is 5.62. The number of nitrogens with one attached hydrogen (secondary N) is 2. The van der Waals surface area contributed by atoms with Gasteiger partial charge in [-0.1, -0.05) is 17.7 Å². The molecular formula is C17H21ClN4O. The van der Waals surface area contributed by atoms with Crippen LogP contribution in [0.1, 0.15) is 24.2 Å². The Bertz CT molecular complexity index is 686. The summed E-state index contributed by atoms with van der Waals surface area (Å²) >= 11 is 6.07. The van der Waals surface area contributed by atoms with Gasteiger partial charge in [-0.2, -0.15) is 0 Å². The van der Waals surface area contributed by atoms with Crippen LogP contribution in [-0.4, -0.2) is 29.2 Å². The summed E-state index contributed by atoms with van der Waals surface area (Å²) in [5, 5.41) is 7.35. The molecule has 0 amide bonds. The number of halogens is 1. The van der Waals surface area contributed by atoms with Gasteiger partial charge < -0.3 is 15.4 Å². The maximum atomic E-state index is 6.07. The predicted octanol–water partition coefficient (Wildman–Crippen LogP) is 4.08. The highest BCUT2D eigenvalue weighted by atomic mass is 35.5. The standard InChI is InChI=1S/C17H21ClN4O/c1-11-5-6-13(18)8-15(11)22-17-9-16(20-12(2)21-17)19-10-14-4-3-7-23-14/h5-6,8-9,14H,3-4,7,10H2,1-2H3,(H2,19,20,21,22). The molecule has 0 radical (unpaired) electrons. The fourth-order valence-electron chi connectivity index (χ4n) is 2.61. The third kappa shape index (κ3) is 4.33. The Labute approximate surface area is 141 Å². The van der Waals surface area contributed by atoms with E-state index in [-0.39, 0.29) is 6.10 Å². The van der Waals surface area contributed by atoms with Crippen LogP contribution >= 0.6 is 11.6 Å². The van der Waals surface area contributed by atoms with E-state index in [1.54, 1.807) is 0 Å². The number of hydrogen-bond acceptors (Lipinski definition) is 5. The first kappa shape index (κ1) is 16.0. The molecule has 1 aromatic heterocycles. The second kappa shape index (κ2) is 7.15. The van der Waals surface area contributed by atoms with E-state index in [1.165, 1.54) is 0 Å². The minimum Gasteiger partial charge on any atom is -0.376 e. The smallest absolute Gasteiger partial charge is 0.136 e. The van der Waals surface area contributed by atoms with Gasteiger partial charge >= 0.3 is 0 Å². The average Bonchev–Trinajstić information content (AvgIpc) is 3.02. The lowest BCUT2D eigenvalue weighted by molar-refractivity contribution is 0.120. The maximum Gasteiger partial charge on any atom is 0.136 e. The predicted molar refractivity (Wildman–Crippen MR) is 93.7 cm³/mol. The third-order valence-corrected chi connectivity index (χ3v) is 4.07. The van der Waals surface area contributed by atoms with Gasteiger partial charge in [-0.3, -0.25) is 0 Å². The van der Waals surface area contributed by atoms with Crippen LogP contribution in [0, 0.1) is 13.8 Å². The number of ether oxygens (including phenoxy) is 1. The number of benzene rings is 1. The van der Waals surface area contributed by atoms with E-state index in [0.717, 1.165) is 48.9 Å². The van der Waals surface area contributed by atoms with E-state index in [1.807, 2.05) is 38.1 Å². The van der Waals surface area contributed by atoms with E-state index in [9.17, 15) is 0 Å². The van der Waals surface area contributed by atoms with E-state index in [2.05, 4.69) is 20.6 Å². The Morgan fingerprint density at radius 3 is 2.83 bits per heavy atom. The molecule has 3 rings (SSSR count). The van der Waals surface area contributed by atoms with Crippen molar-refractivity contribution in [1.29, 1.82) is 0 Å². The summed E-state index contributed by atoms with van der Waals surface area (Å²) in [5.41, 5.74) is 2.06. The van der Waals surface area contributed by atoms with Crippen LogP contribution in [-0.2, 0) is 4.74 Å². The molecule has 0 saturated carbocycles. The summed E-state index contributed by atoms with van der Waals surface area (Å²) in [5.74, 6) is 2.26. The van der Waals surface area contributed by atoms with Crippen molar-refractivity contribution >= 4 is 28.9 Å². The van der Waals surface area contributed by atoms with Crippen molar-refractivity contribution in [3.63, 3.8) is 0 Å². The normalized spacial score (nSPS) is 17.3. The lowest BCUT2D eigenvalue weighted by Crippen LogP contribution is -2.19. The van der Waals surface area contributed by atoms with Crippen LogP contribution in [0.5, 0.6) is 0 Å². The van der Waals surface area contributed by atoms with Crippen molar-refractivity contribution in [3.05, 3.63) is 40.7 Å². The third-order valence-electron chi connectivity index (χ3n) is 3.84. The molecular weight excluding hydrogens is 312 g/mol. The van der Waals surface area contributed by atoms with E-state index >= 15 is 0 Å². The first-order chi connectivity index (χ1) is 11.1. The van der Waals surface area contributed by atoms with Crippen LogP contribution in [0.2, 0.25) is 5.02 Å². The Morgan fingerprint density at radius 1 is 1.22 bits per heavy atom. The minimum atomic E-state index is 0.275. The molecule has 2 heterocycles. The van der Waals surface area contributed by atoms with E-state index < -0.39 is 0 Å². The first-order valence-corrected chi connectivity index (χ1v) is 8.22. The average molecular weight is 333 g/mol. The summed E-state index contributed by atoms with van der Waals surface area (Å²) in [6.45, 7) is 5.54. The quantitative estimate of drug-likeness (QED) is 0.864. The SMILES string of the molecule is Cc1nc(NCC2CCCO2)cc(Nc2cc(Cl)ccc2C)n1. The largest absolute Gasteiger partial charge is 0.376 e. The molecule has 6 heteroatoms. The Balaban J connectivity index is 1.72. The number of nitrogens with zero attached hydrogens (tertiary/aromatic N) is 2. The zero-order valence-corrected chi connectivity index (χ0v) is 14.2. The van der Waals surface area contributed by atoms with Gasteiger partial charge in [0.1, 0.15) is 17.5 Å². The first-order valence-electron chi connectivity index (χ1n) is 7.84.